The first-order valence-corrected chi connectivity index (χ1v) is 18.6. The van der Waals surface area contributed by atoms with Gasteiger partial charge in [-0.15, -0.1) is 0 Å². The first-order valence-electron chi connectivity index (χ1n) is 17.1. The van der Waals surface area contributed by atoms with Crippen LogP contribution in [-0.4, -0.2) is 40.5 Å². The lowest BCUT2D eigenvalue weighted by Crippen LogP contribution is -2.32. The van der Waals surface area contributed by atoms with E-state index in [2.05, 4.69) is 21.6 Å². The second-order valence-electron chi connectivity index (χ2n) is 12.7. The minimum absolute atomic E-state index is 0.0503. The van der Waals surface area contributed by atoms with Gasteiger partial charge in [0, 0.05) is 29.4 Å². The van der Waals surface area contributed by atoms with Crippen molar-refractivity contribution in [3.05, 3.63) is 93.9 Å². The smallest absolute Gasteiger partial charge is 0.264 e. The Balaban J connectivity index is 1.36. The molecule has 252 valence electrons. The topological polar surface area (TPSA) is 133 Å². The van der Waals surface area contributed by atoms with Crippen molar-refractivity contribution in [3.63, 3.8) is 0 Å². The van der Waals surface area contributed by atoms with E-state index in [4.69, 9.17) is 9.72 Å². The van der Waals surface area contributed by atoms with Gasteiger partial charge in [0.2, 0.25) is 11.9 Å². The molecule has 2 heterocycles. The molecule has 4 aromatic rings. The Hall–Kier alpha value is -4.38. The van der Waals surface area contributed by atoms with E-state index in [1.165, 1.54) is 12.5 Å². The van der Waals surface area contributed by atoms with Gasteiger partial charge in [0.15, 0.2) is 5.75 Å². The molecule has 0 saturated heterocycles. The Labute approximate surface area is 282 Å². The Kier molecular flexibility index (Phi) is 10.3. The van der Waals surface area contributed by atoms with Gasteiger partial charge in [0.25, 0.3) is 15.6 Å². The minimum Gasteiger partial charge on any atom is -0.491 e. The first kappa shape index (κ1) is 33.5. The molecule has 0 aliphatic heterocycles. The minimum atomic E-state index is -4.04. The molecule has 48 heavy (non-hydrogen) atoms. The van der Waals surface area contributed by atoms with E-state index >= 15 is 0 Å². The standard InChI is InChI=1S/C37H43N5O5S/c1-3-5-14-32-31(36(44)42(34(40-32)27-11-7-6-8-12-27)37-38-23-29(24-39-37)47-4-2)22-25-16-18-26(19-17-25)30-13-9-10-15-33(30)48(45,46)41-35(43)28-20-21-28/h9-10,13,15-19,23-24,27-28H,3-8,11-12,14,20-22H2,1-2H3,(H,41,43). The van der Waals surface area contributed by atoms with Crippen LogP contribution in [0.1, 0.15) is 100 Å². The zero-order valence-corrected chi connectivity index (χ0v) is 28.5. The van der Waals surface area contributed by atoms with Crippen molar-refractivity contribution in [3.8, 4) is 22.8 Å². The van der Waals surface area contributed by atoms with Gasteiger partial charge in [-0.3, -0.25) is 9.59 Å². The van der Waals surface area contributed by atoms with Gasteiger partial charge in [0.1, 0.15) is 5.82 Å². The molecule has 0 atom stereocenters. The van der Waals surface area contributed by atoms with Crippen molar-refractivity contribution in [2.24, 2.45) is 5.92 Å². The molecule has 2 saturated carbocycles. The van der Waals surface area contributed by atoms with E-state index < -0.39 is 15.9 Å². The molecule has 2 aliphatic carbocycles. The Morgan fingerprint density at radius 2 is 1.67 bits per heavy atom. The molecule has 2 aliphatic rings. The zero-order chi connectivity index (χ0) is 33.7. The number of carbonyl (C=O) groups excluding carboxylic acids is 1. The Morgan fingerprint density at radius 1 is 0.958 bits per heavy atom. The third kappa shape index (κ3) is 7.51. The third-order valence-corrected chi connectivity index (χ3v) is 10.6. The lowest BCUT2D eigenvalue weighted by Gasteiger charge is -2.25. The largest absolute Gasteiger partial charge is 0.491 e. The molecule has 2 fully saturated rings. The average molecular weight is 670 g/mol. The number of nitrogens with one attached hydrogen (secondary N) is 1. The van der Waals surface area contributed by atoms with Gasteiger partial charge in [-0.25, -0.2) is 32.7 Å². The van der Waals surface area contributed by atoms with E-state index in [0.717, 1.165) is 55.6 Å². The fourth-order valence-electron chi connectivity index (χ4n) is 6.40. The van der Waals surface area contributed by atoms with Gasteiger partial charge in [-0.1, -0.05) is 75.1 Å². The summed E-state index contributed by atoms with van der Waals surface area (Å²) in [6.07, 6.45) is 12.9. The maximum Gasteiger partial charge on any atom is 0.264 e. The van der Waals surface area contributed by atoms with Gasteiger partial charge in [-0.05, 0) is 62.6 Å². The highest BCUT2D eigenvalue weighted by Crippen LogP contribution is 2.34. The quantitative estimate of drug-likeness (QED) is 0.176. The van der Waals surface area contributed by atoms with Crippen molar-refractivity contribution in [1.82, 2.24) is 24.2 Å². The van der Waals surface area contributed by atoms with Crippen LogP contribution >= 0.6 is 0 Å². The number of aryl methyl sites for hydroxylation is 1. The number of carbonyl (C=O) groups is 1. The molecule has 2 aromatic heterocycles. The highest BCUT2D eigenvalue weighted by molar-refractivity contribution is 7.90. The van der Waals surface area contributed by atoms with Crippen molar-refractivity contribution in [1.29, 1.82) is 0 Å². The Morgan fingerprint density at radius 3 is 2.33 bits per heavy atom. The van der Waals surface area contributed by atoms with Crippen LogP contribution in [-0.2, 0) is 27.7 Å². The third-order valence-electron chi connectivity index (χ3n) is 9.16. The summed E-state index contributed by atoms with van der Waals surface area (Å²) in [5.74, 6) is 1.04. The molecule has 1 amide bonds. The molecular formula is C37H43N5O5S. The van der Waals surface area contributed by atoms with Crippen LogP contribution < -0.4 is 15.0 Å². The summed E-state index contributed by atoms with van der Waals surface area (Å²) in [5.41, 5.74) is 3.35. The number of amides is 1. The van der Waals surface area contributed by atoms with Gasteiger partial charge >= 0.3 is 0 Å². The fraction of sp³-hybridized carbons (Fsp3) is 0.432. The molecule has 0 spiro atoms. The fourth-order valence-corrected chi connectivity index (χ4v) is 7.68. The van der Waals surface area contributed by atoms with Crippen LogP contribution in [0.4, 0.5) is 0 Å². The molecule has 0 bridgehead atoms. The number of benzene rings is 2. The summed E-state index contributed by atoms with van der Waals surface area (Å²) >= 11 is 0. The van der Waals surface area contributed by atoms with E-state index in [-0.39, 0.29) is 22.3 Å². The monoisotopic (exact) mass is 669 g/mol. The highest BCUT2D eigenvalue weighted by Gasteiger charge is 2.33. The summed E-state index contributed by atoms with van der Waals surface area (Å²) in [6, 6.07) is 14.2. The second-order valence-corrected chi connectivity index (χ2v) is 14.4. The number of unbranched alkanes of at least 4 members (excludes halogenated alkanes) is 1. The lowest BCUT2D eigenvalue weighted by molar-refractivity contribution is -0.120. The Bertz CT molecular complexity index is 1910. The number of aromatic nitrogens is 4. The normalized spacial score (nSPS) is 15.3. The maximum absolute atomic E-state index is 14.5. The van der Waals surface area contributed by atoms with E-state index in [0.29, 0.717) is 60.7 Å². The molecule has 1 N–H and O–H groups in total. The molecule has 0 radical (unpaired) electrons. The van der Waals surface area contributed by atoms with Crippen LogP contribution in [0, 0.1) is 5.92 Å². The number of hydrogen-bond acceptors (Lipinski definition) is 8. The first-order chi connectivity index (χ1) is 23.3. The van der Waals surface area contributed by atoms with E-state index in [9.17, 15) is 18.0 Å². The van der Waals surface area contributed by atoms with Gasteiger partial charge in [-0.2, -0.15) is 0 Å². The summed E-state index contributed by atoms with van der Waals surface area (Å²) < 4.78 is 35.8. The predicted octanol–water partition coefficient (Wildman–Crippen LogP) is 6.28. The maximum atomic E-state index is 14.5. The molecule has 2 aromatic carbocycles. The van der Waals surface area contributed by atoms with E-state index in [1.807, 2.05) is 31.2 Å². The number of ether oxygens (including phenoxy) is 1. The van der Waals surface area contributed by atoms with Crippen LogP contribution in [0.3, 0.4) is 0 Å². The highest BCUT2D eigenvalue weighted by atomic mass is 32.2. The SMILES string of the molecule is CCCCc1nc(C2CCCCC2)n(-c2ncc(OCC)cn2)c(=O)c1Cc1ccc(-c2ccccc2S(=O)(=O)NC(=O)C2CC2)cc1. The van der Waals surface area contributed by atoms with E-state index in [1.54, 1.807) is 35.2 Å². The molecule has 0 unspecified atom stereocenters. The number of sulfonamides is 1. The van der Waals surface area contributed by atoms with Crippen molar-refractivity contribution < 1.29 is 17.9 Å². The molecular weight excluding hydrogens is 627 g/mol. The summed E-state index contributed by atoms with van der Waals surface area (Å²) in [5, 5.41) is 0. The predicted molar refractivity (Wildman–Crippen MR) is 184 cm³/mol. The summed E-state index contributed by atoms with van der Waals surface area (Å²) in [7, 11) is -4.04. The van der Waals surface area contributed by atoms with Crippen LogP contribution in [0.15, 0.2) is 70.6 Å². The summed E-state index contributed by atoms with van der Waals surface area (Å²) in [6.45, 7) is 4.52. The number of nitrogens with zero attached hydrogens (tertiary/aromatic N) is 4. The second kappa shape index (κ2) is 14.8. The molecule has 6 rings (SSSR count). The lowest BCUT2D eigenvalue weighted by atomic mass is 9.88. The van der Waals surface area contributed by atoms with Crippen molar-refractivity contribution >= 4 is 15.9 Å². The van der Waals surface area contributed by atoms with Crippen molar-refractivity contribution in [2.75, 3.05) is 6.61 Å². The molecule has 11 heteroatoms. The average Bonchev–Trinajstić information content (AvgIpc) is 3.96. The molecule has 10 nitrogen and oxygen atoms in total. The number of rotatable bonds is 13. The van der Waals surface area contributed by atoms with Crippen molar-refractivity contribution in [2.45, 2.75) is 95.3 Å². The van der Waals surface area contributed by atoms with Gasteiger partial charge in [0.05, 0.1) is 29.6 Å². The summed E-state index contributed by atoms with van der Waals surface area (Å²) in [4.78, 5) is 41.2. The number of hydrogen-bond donors (Lipinski definition) is 1. The van der Waals surface area contributed by atoms with Crippen LogP contribution in [0.2, 0.25) is 0 Å². The van der Waals surface area contributed by atoms with Gasteiger partial charge < -0.3 is 4.74 Å². The van der Waals surface area contributed by atoms with Crippen LogP contribution in [0.25, 0.3) is 17.1 Å². The van der Waals surface area contributed by atoms with Crippen LogP contribution in [0.5, 0.6) is 5.75 Å². The zero-order valence-electron chi connectivity index (χ0n) is 27.7.